The Kier molecular flexibility index (Phi) is 3.99. The van der Waals surface area contributed by atoms with Gasteiger partial charge in [-0.3, -0.25) is 10.6 Å². The van der Waals surface area contributed by atoms with Gasteiger partial charge in [-0.1, -0.05) is 0 Å². The Morgan fingerprint density at radius 2 is 1.91 bits per heavy atom. The quantitative estimate of drug-likeness (QED) is 0.505. The van der Waals surface area contributed by atoms with E-state index in [2.05, 4.69) is 4.90 Å². The normalized spacial score (nSPS) is 24.0. The third kappa shape index (κ3) is 2.45. The number of carbonyl (C=O) groups excluding carboxylic acids is 1. The summed E-state index contributed by atoms with van der Waals surface area (Å²) in [6.07, 6.45) is 4.61. The molecule has 2 saturated heterocycles. The van der Waals surface area contributed by atoms with E-state index in [4.69, 9.17) is 5.84 Å². The Bertz CT molecular complexity index is 555. The Morgan fingerprint density at radius 1 is 1.36 bits per heavy atom. The molecule has 7 heteroatoms. The minimum Gasteiger partial charge on any atom is -0.432 e. The fourth-order valence-electron chi connectivity index (χ4n) is 3.66. The van der Waals surface area contributed by atoms with Crippen LogP contribution in [0.3, 0.4) is 0 Å². The van der Waals surface area contributed by atoms with E-state index in [1.165, 1.54) is 16.3 Å². The van der Waals surface area contributed by atoms with E-state index in [1.807, 2.05) is 26.0 Å². The first kappa shape index (κ1) is 15.8. The number of thiophene rings is 1. The van der Waals surface area contributed by atoms with Crippen LogP contribution in [0.15, 0.2) is 12.1 Å². The van der Waals surface area contributed by atoms with Crippen molar-refractivity contribution in [1.82, 2.24) is 4.90 Å². The zero-order valence-electron chi connectivity index (χ0n) is 13.5. The third-order valence-electron chi connectivity index (χ3n) is 5.09. The second-order valence-corrected chi connectivity index (χ2v) is 8.04. The molecule has 2 aliphatic rings. The molecule has 0 aliphatic carbocycles. The minimum absolute atomic E-state index is 0.228. The van der Waals surface area contributed by atoms with Gasteiger partial charge in [-0.05, 0) is 58.5 Å². The highest BCUT2D eigenvalue weighted by Gasteiger charge is 2.47. The maximum Gasteiger partial charge on any atom is 0.425 e. The number of hydrogen-bond acceptors (Lipinski definition) is 5. The predicted molar refractivity (Wildman–Crippen MR) is 90.7 cm³/mol. The van der Waals surface area contributed by atoms with Crippen molar-refractivity contribution in [3.63, 3.8) is 0 Å². The Balaban J connectivity index is 1.82. The third-order valence-corrected chi connectivity index (χ3v) is 6.51. The molecule has 5 nitrogen and oxygen atoms in total. The van der Waals surface area contributed by atoms with Crippen molar-refractivity contribution >= 4 is 29.3 Å². The van der Waals surface area contributed by atoms with Crippen LogP contribution in [0, 0.1) is 0 Å². The van der Waals surface area contributed by atoms with Crippen LogP contribution in [0.4, 0.5) is 5.00 Å². The summed E-state index contributed by atoms with van der Waals surface area (Å²) in [5.41, 5.74) is -0.548. The molecule has 2 bridgehead atoms. The molecule has 2 fully saturated rings. The molecule has 0 aromatic carbocycles. The summed E-state index contributed by atoms with van der Waals surface area (Å²) in [6.45, 7) is 5.61. The van der Waals surface area contributed by atoms with Crippen LogP contribution >= 0.6 is 11.3 Å². The zero-order chi connectivity index (χ0) is 16.1. The maximum absolute atomic E-state index is 13.1. The Labute approximate surface area is 136 Å². The van der Waals surface area contributed by atoms with Gasteiger partial charge in [0.2, 0.25) is 5.91 Å². The standard InChI is InChI=1S/C15H24BN3O2S/c1-15(2,12-8-9-13(22-12)19(17)16(3)21)14(20)18-10-4-5-11(18)7-6-10/h8-11,21H,4-7,17H2,1-3H3. The Hall–Kier alpha value is -1.05. The van der Waals surface area contributed by atoms with Crippen molar-refractivity contribution in [2.75, 3.05) is 4.92 Å². The second-order valence-electron chi connectivity index (χ2n) is 6.98. The average Bonchev–Trinajstić information content (AvgIpc) is 3.20. The SMILES string of the molecule is CB(O)N(N)c1ccc(C(C)(C)C(=O)N2C3CCC2CC3)s1. The van der Waals surface area contributed by atoms with Gasteiger partial charge < -0.3 is 14.8 Å². The highest BCUT2D eigenvalue weighted by molar-refractivity contribution is 7.16. The van der Waals surface area contributed by atoms with Gasteiger partial charge in [0.15, 0.2) is 0 Å². The van der Waals surface area contributed by atoms with Crippen molar-refractivity contribution < 1.29 is 9.82 Å². The van der Waals surface area contributed by atoms with E-state index >= 15 is 0 Å². The highest BCUT2D eigenvalue weighted by atomic mass is 32.1. The molecule has 22 heavy (non-hydrogen) atoms. The van der Waals surface area contributed by atoms with Crippen molar-refractivity contribution in [2.45, 2.75) is 63.9 Å². The molecule has 3 heterocycles. The van der Waals surface area contributed by atoms with Gasteiger partial charge in [-0.15, -0.1) is 11.3 Å². The molecule has 1 amide bonds. The number of fused-ring (bicyclic) bond motifs is 2. The molecule has 1 aromatic heterocycles. The largest absolute Gasteiger partial charge is 0.432 e. The summed E-state index contributed by atoms with van der Waals surface area (Å²) in [6, 6.07) is 4.72. The molecular formula is C15H24BN3O2S. The van der Waals surface area contributed by atoms with Crippen LogP contribution in [0.2, 0.25) is 6.82 Å². The number of amides is 1. The molecule has 0 atom stereocenters. The van der Waals surface area contributed by atoms with E-state index in [0.29, 0.717) is 12.1 Å². The van der Waals surface area contributed by atoms with Gasteiger partial charge >= 0.3 is 7.05 Å². The smallest absolute Gasteiger partial charge is 0.425 e. The van der Waals surface area contributed by atoms with Crippen LogP contribution in [0.25, 0.3) is 0 Å². The van der Waals surface area contributed by atoms with E-state index in [1.54, 1.807) is 6.82 Å². The lowest BCUT2D eigenvalue weighted by molar-refractivity contribution is -0.137. The lowest BCUT2D eigenvalue weighted by atomic mass is 9.88. The molecule has 0 unspecified atom stereocenters. The van der Waals surface area contributed by atoms with Crippen LogP contribution in [0.1, 0.15) is 44.4 Å². The molecule has 0 saturated carbocycles. The van der Waals surface area contributed by atoms with Gasteiger partial charge in [0.1, 0.15) is 0 Å². The number of rotatable bonds is 4. The van der Waals surface area contributed by atoms with Crippen molar-refractivity contribution in [2.24, 2.45) is 5.84 Å². The molecule has 3 rings (SSSR count). The van der Waals surface area contributed by atoms with Gasteiger partial charge in [0.05, 0.1) is 10.4 Å². The molecule has 2 aliphatic heterocycles. The number of nitrogens with zero attached hydrogens (tertiary/aromatic N) is 2. The van der Waals surface area contributed by atoms with Gasteiger partial charge in [-0.25, -0.2) is 0 Å². The first-order valence-corrected chi connectivity index (χ1v) is 8.79. The summed E-state index contributed by atoms with van der Waals surface area (Å²) < 4.78 is 0. The zero-order valence-corrected chi connectivity index (χ0v) is 14.3. The summed E-state index contributed by atoms with van der Waals surface area (Å²) in [4.78, 5) is 17.5. The first-order chi connectivity index (χ1) is 10.3. The van der Waals surface area contributed by atoms with Crippen LogP contribution in [-0.2, 0) is 10.2 Å². The van der Waals surface area contributed by atoms with Crippen molar-refractivity contribution in [3.8, 4) is 0 Å². The fourth-order valence-corrected chi connectivity index (χ4v) is 4.76. The molecule has 3 N–H and O–H groups in total. The van der Waals surface area contributed by atoms with E-state index < -0.39 is 12.5 Å². The summed E-state index contributed by atoms with van der Waals surface area (Å²) in [5, 5.41) is 10.4. The van der Waals surface area contributed by atoms with Crippen LogP contribution in [-0.4, -0.2) is 35.0 Å². The maximum atomic E-state index is 13.1. The Morgan fingerprint density at radius 3 is 2.41 bits per heavy atom. The van der Waals surface area contributed by atoms with Crippen LogP contribution < -0.4 is 10.8 Å². The molecular weight excluding hydrogens is 297 g/mol. The first-order valence-electron chi connectivity index (χ1n) is 7.97. The number of anilines is 1. The number of carbonyl (C=O) groups is 1. The van der Waals surface area contributed by atoms with Gasteiger partial charge in [0.25, 0.3) is 0 Å². The monoisotopic (exact) mass is 321 g/mol. The van der Waals surface area contributed by atoms with Gasteiger partial charge in [-0.2, -0.15) is 0 Å². The average molecular weight is 321 g/mol. The highest BCUT2D eigenvalue weighted by Crippen LogP contribution is 2.42. The summed E-state index contributed by atoms with van der Waals surface area (Å²) in [5.74, 6) is 6.07. The molecule has 120 valence electrons. The van der Waals surface area contributed by atoms with Gasteiger partial charge in [0, 0.05) is 17.0 Å². The van der Waals surface area contributed by atoms with Crippen molar-refractivity contribution in [1.29, 1.82) is 0 Å². The summed E-state index contributed by atoms with van der Waals surface area (Å²) >= 11 is 1.48. The lowest BCUT2D eigenvalue weighted by Crippen LogP contribution is -2.45. The van der Waals surface area contributed by atoms with E-state index in [-0.39, 0.29) is 5.91 Å². The van der Waals surface area contributed by atoms with Crippen molar-refractivity contribution in [3.05, 3.63) is 17.0 Å². The molecule has 0 spiro atoms. The number of nitrogens with two attached hydrogens (primary N) is 1. The van der Waals surface area contributed by atoms with E-state index in [9.17, 15) is 9.82 Å². The second kappa shape index (κ2) is 5.55. The lowest BCUT2D eigenvalue weighted by Gasteiger charge is -2.32. The fraction of sp³-hybridized carbons (Fsp3) is 0.667. The molecule has 1 aromatic rings. The van der Waals surface area contributed by atoms with E-state index in [0.717, 1.165) is 35.6 Å². The molecule has 0 radical (unpaired) electrons. The topological polar surface area (TPSA) is 69.8 Å². The summed E-state index contributed by atoms with van der Waals surface area (Å²) in [7, 11) is -0.750. The number of hydrogen-bond donors (Lipinski definition) is 2. The minimum atomic E-state index is -0.750. The predicted octanol–water partition coefficient (Wildman–Crippen LogP) is 1.97. The number of hydrazine groups is 1. The van der Waals surface area contributed by atoms with Crippen LogP contribution in [0.5, 0.6) is 0 Å².